The summed E-state index contributed by atoms with van der Waals surface area (Å²) >= 11 is 0. The van der Waals surface area contributed by atoms with E-state index in [2.05, 4.69) is 43.0 Å². The van der Waals surface area contributed by atoms with Crippen molar-refractivity contribution in [2.75, 3.05) is 21.1 Å². The first-order valence-electron chi connectivity index (χ1n) is 3.46. The summed E-state index contributed by atoms with van der Waals surface area (Å²) in [4.78, 5) is 0. The molecule has 0 aromatic rings. The van der Waals surface area contributed by atoms with Crippen LogP contribution >= 0.6 is 0 Å². The molecule has 0 bridgehead atoms. The molecule has 0 spiro atoms. The van der Waals surface area contributed by atoms with Gasteiger partial charge in [0.05, 0.1) is 9.68 Å². The molecule has 4 heteroatoms. The first-order chi connectivity index (χ1) is 4.09. The van der Waals surface area contributed by atoms with Crippen molar-refractivity contribution in [2.24, 2.45) is 0 Å². The second-order valence-corrected chi connectivity index (χ2v) is 8.21. The van der Waals surface area contributed by atoms with E-state index in [1.54, 1.807) is 0 Å². The molecule has 0 fully saturated rings. The summed E-state index contributed by atoms with van der Waals surface area (Å²) in [7, 11) is 6.07. The van der Waals surface area contributed by atoms with Crippen LogP contribution < -0.4 is 0 Å². The van der Waals surface area contributed by atoms with Gasteiger partial charge in [0.2, 0.25) is 0 Å². The maximum atomic E-state index is 2.57. The predicted octanol–water partition coefficient (Wildman–Crippen LogP) is -0.538. The molecule has 0 heterocycles. The van der Waals surface area contributed by atoms with Gasteiger partial charge in [0, 0.05) is 0 Å². The van der Waals surface area contributed by atoms with Crippen LogP contribution in [0.4, 0.5) is 0 Å². The van der Waals surface area contributed by atoms with Crippen LogP contribution in [0.15, 0.2) is 0 Å². The molecule has 1 atom stereocenters. The van der Waals surface area contributed by atoms with Crippen molar-refractivity contribution in [2.45, 2.75) is 13.1 Å². The first kappa shape index (κ1) is 9.35. The summed E-state index contributed by atoms with van der Waals surface area (Å²) < 4.78 is 4.94. The molecule has 0 aliphatic carbocycles. The van der Waals surface area contributed by atoms with Crippen LogP contribution in [-0.2, 0) is 0 Å². The van der Waals surface area contributed by atoms with Gasteiger partial charge >= 0.3 is 0 Å². The van der Waals surface area contributed by atoms with Crippen LogP contribution in [-0.4, -0.2) is 48.7 Å². The largest absolute Gasteiger partial charge is 0.344 e. The lowest BCUT2D eigenvalue weighted by Crippen LogP contribution is -2.46. The first-order valence-corrected chi connectivity index (χ1v) is 7.69. The predicted molar refractivity (Wildman–Crippen MR) is 48.9 cm³/mol. The molecule has 2 nitrogen and oxygen atoms in total. The molecule has 9 heavy (non-hydrogen) atoms. The molecule has 0 aromatic heterocycles. The van der Waals surface area contributed by atoms with Crippen LogP contribution in [0.25, 0.3) is 0 Å². The SMILES string of the molecule is C[SiH2]N(C)[SiH](C)N(C)C. The van der Waals surface area contributed by atoms with Crippen molar-refractivity contribution in [1.29, 1.82) is 0 Å². The topological polar surface area (TPSA) is 6.48 Å². The monoisotopic (exact) mass is 162 g/mol. The van der Waals surface area contributed by atoms with Crippen LogP contribution in [0.1, 0.15) is 0 Å². The molecule has 0 aromatic carbocycles. The minimum absolute atomic E-state index is 0.102. The minimum Gasteiger partial charge on any atom is -0.344 e. The molecular formula is C5H18N2Si2. The molecule has 0 saturated carbocycles. The van der Waals surface area contributed by atoms with Gasteiger partial charge in [0.25, 0.3) is 0 Å². The van der Waals surface area contributed by atoms with Crippen molar-refractivity contribution in [3.8, 4) is 0 Å². The fourth-order valence-electron chi connectivity index (χ4n) is 0.658. The van der Waals surface area contributed by atoms with Gasteiger partial charge in [-0.05, 0) is 27.7 Å². The quantitative estimate of drug-likeness (QED) is 0.515. The fourth-order valence-corrected chi connectivity index (χ4v) is 4.54. The lowest BCUT2D eigenvalue weighted by molar-refractivity contribution is 0.583. The van der Waals surface area contributed by atoms with Crippen LogP contribution in [0.2, 0.25) is 13.1 Å². The third kappa shape index (κ3) is 3.15. The zero-order valence-electron chi connectivity index (χ0n) is 7.18. The van der Waals surface area contributed by atoms with Gasteiger partial charge < -0.3 is 8.80 Å². The summed E-state index contributed by atoms with van der Waals surface area (Å²) in [5.74, 6) is 0. The van der Waals surface area contributed by atoms with E-state index in [4.69, 9.17) is 0 Å². The Morgan fingerprint density at radius 2 is 1.67 bits per heavy atom. The van der Waals surface area contributed by atoms with Crippen LogP contribution in [0.3, 0.4) is 0 Å². The van der Waals surface area contributed by atoms with Crippen molar-refractivity contribution in [3.05, 3.63) is 0 Å². The van der Waals surface area contributed by atoms with Crippen molar-refractivity contribution in [1.82, 2.24) is 8.80 Å². The highest BCUT2D eigenvalue weighted by Crippen LogP contribution is 1.90. The van der Waals surface area contributed by atoms with E-state index >= 15 is 0 Å². The summed E-state index contributed by atoms with van der Waals surface area (Å²) in [5.41, 5.74) is 0. The van der Waals surface area contributed by atoms with E-state index in [1.807, 2.05) is 0 Å². The Morgan fingerprint density at radius 1 is 1.22 bits per heavy atom. The highest BCUT2D eigenvalue weighted by molar-refractivity contribution is 6.60. The van der Waals surface area contributed by atoms with Crippen molar-refractivity contribution >= 4 is 18.8 Å². The minimum atomic E-state index is -0.641. The van der Waals surface area contributed by atoms with E-state index < -0.39 is 9.12 Å². The van der Waals surface area contributed by atoms with E-state index in [0.29, 0.717) is 0 Å². The molecule has 0 aliphatic rings. The molecule has 0 radical (unpaired) electrons. The maximum Gasteiger partial charge on any atom is 0.179 e. The van der Waals surface area contributed by atoms with E-state index in [1.165, 1.54) is 0 Å². The average Bonchev–Trinajstić information content (AvgIpc) is 1.84. The normalized spacial score (nSPS) is 16.3. The molecule has 0 N–H and O–H groups in total. The van der Waals surface area contributed by atoms with Crippen LogP contribution in [0.5, 0.6) is 0 Å². The molecule has 0 rings (SSSR count). The van der Waals surface area contributed by atoms with E-state index in [-0.39, 0.29) is 9.68 Å². The zero-order valence-corrected chi connectivity index (χ0v) is 9.75. The molecule has 56 valence electrons. The third-order valence-electron chi connectivity index (χ3n) is 1.88. The van der Waals surface area contributed by atoms with E-state index in [0.717, 1.165) is 0 Å². The number of hydrogen-bond donors (Lipinski definition) is 0. The fraction of sp³-hybridized carbons (Fsp3) is 1.00. The van der Waals surface area contributed by atoms with Crippen LogP contribution in [0, 0.1) is 0 Å². The molecule has 0 aliphatic heterocycles. The summed E-state index contributed by atoms with van der Waals surface area (Å²) in [5, 5.41) is 0. The average molecular weight is 162 g/mol. The maximum absolute atomic E-state index is 2.57. The van der Waals surface area contributed by atoms with Crippen molar-refractivity contribution in [3.63, 3.8) is 0 Å². The highest BCUT2D eigenvalue weighted by atomic mass is 28.3. The highest BCUT2D eigenvalue weighted by Gasteiger charge is 2.10. The standard InChI is InChI=1S/C5H18N2Si2/c1-6(2)9(5)7(3)8-4/h9H,8H2,1-5H3. The summed E-state index contributed by atoms with van der Waals surface area (Å²) in [6.45, 7) is 4.71. The molecule has 1 unspecified atom stereocenters. The number of rotatable bonds is 3. The lowest BCUT2D eigenvalue weighted by Gasteiger charge is -2.27. The van der Waals surface area contributed by atoms with Crippen molar-refractivity contribution < 1.29 is 0 Å². The Hall–Kier alpha value is 0.354. The number of hydrogen-bond acceptors (Lipinski definition) is 2. The Balaban J connectivity index is 3.58. The Kier molecular flexibility index (Phi) is 4.38. The van der Waals surface area contributed by atoms with Gasteiger partial charge in [0.15, 0.2) is 9.12 Å². The second kappa shape index (κ2) is 4.21. The lowest BCUT2D eigenvalue weighted by atomic mass is 11.3. The zero-order chi connectivity index (χ0) is 7.44. The van der Waals surface area contributed by atoms with Gasteiger partial charge in [-0.25, -0.2) is 0 Å². The van der Waals surface area contributed by atoms with E-state index in [9.17, 15) is 0 Å². The van der Waals surface area contributed by atoms with Gasteiger partial charge in [-0.3, -0.25) is 0 Å². The molecule has 0 amide bonds. The Bertz CT molecular complexity index is 77.4. The summed E-state index contributed by atoms with van der Waals surface area (Å²) in [6, 6.07) is 0. The summed E-state index contributed by atoms with van der Waals surface area (Å²) in [6.07, 6.45) is 0. The smallest absolute Gasteiger partial charge is 0.179 e. The second-order valence-electron chi connectivity index (χ2n) is 2.67. The Morgan fingerprint density at radius 3 is 1.78 bits per heavy atom. The van der Waals surface area contributed by atoms with Gasteiger partial charge in [0.1, 0.15) is 0 Å². The molecule has 0 saturated heterocycles. The number of nitrogens with zero attached hydrogens (tertiary/aromatic N) is 2. The molecular weight excluding hydrogens is 144 g/mol. The van der Waals surface area contributed by atoms with Gasteiger partial charge in [-0.15, -0.1) is 0 Å². The van der Waals surface area contributed by atoms with Gasteiger partial charge in [-0.2, -0.15) is 0 Å². The van der Waals surface area contributed by atoms with Gasteiger partial charge in [-0.1, -0.05) is 6.55 Å². The Labute approximate surface area is 62.5 Å². The third-order valence-corrected chi connectivity index (χ3v) is 8.33.